The van der Waals surface area contributed by atoms with Gasteiger partial charge in [-0.1, -0.05) is 23.7 Å². The molecule has 0 radical (unpaired) electrons. The first-order valence-corrected chi connectivity index (χ1v) is 4.89. The summed E-state index contributed by atoms with van der Waals surface area (Å²) in [6.07, 6.45) is 4.68. The van der Waals surface area contributed by atoms with Crippen LogP contribution in [0.4, 0.5) is 0 Å². The van der Waals surface area contributed by atoms with E-state index in [9.17, 15) is 5.11 Å². The Balaban J connectivity index is 3.02. The quantitative estimate of drug-likeness (QED) is 0.809. The van der Waals surface area contributed by atoms with Gasteiger partial charge in [0.15, 0.2) is 0 Å². The molecule has 13 heavy (non-hydrogen) atoms. The molecule has 1 aromatic rings. The van der Waals surface area contributed by atoms with E-state index in [0.717, 1.165) is 4.47 Å². The summed E-state index contributed by atoms with van der Waals surface area (Å²) in [6.45, 7) is 0. The molecule has 0 fully saturated rings. The van der Waals surface area contributed by atoms with Crippen molar-refractivity contribution in [3.05, 3.63) is 33.3 Å². The van der Waals surface area contributed by atoms with E-state index in [1.807, 2.05) is 12.1 Å². The molecule has 0 aliphatic carbocycles. The van der Waals surface area contributed by atoms with Gasteiger partial charge in [0.2, 0.25) is 0 Å². The minimum Gasteiger partial charge on any atom is -0.387 e. The van der Waals surface area contributed by atoms with Crippen molar-refractivity contribution in [1.29, 1.82) is 0 Å². The molecule has 1 aromatic carbocycles. The molecule has 1 N–H and O–H groups in total. The van der Waals surface area contributed by atoms with Crippen molar-refractivity contribution in [2.24, 2.45) is 0 Å². The monoisotopic (exact) mass is 258 g/mol. The van der Waals surface area contributed by atoms with Crippen LogP contribution >= 0.6 is 27.5 Å². The number of hydrogen-bond donors (Lipinski definition) is 1. The third kappa shape index (κ3) is 2.47. The highest BCUT2D eigenvalue weighted by molar-refractivity contribution is 9.10. The van der Waals surface area contributed by atoms with E-state index >= 15 is 0 Å². The average Bonchev–Trinajstić information content (AvgIpc) is 2.10. The van der Waals surface area contributed by atoms with Gasteiger partial charge in [0.05, 0.1) is 11.1 Å². The highest BCUT2D eigenvalue weighted by Crippen LogP contribution is 2.31. The molecule has 1 unspecified atom stereocenters. The Bertz CT molecular complexity index is 343. The molecule has 3 heteroatoms. The zero-order valence-electron chi connectivity index (χ0n) is 6.80. The molecular formula is C10H8BrClO. The van der Waals surface area contributed by atoms with Crippen molar-refractivity contribution < 1.29 is 5.11 Å². The number of halogens is 2. The van der Waals surface area contributed by atoms with Crippen molar-refractivity contribution in [1.82, 2.24) is 0 Å². The van der Waals surface area contributed by atoms with Crippen LogP contribution < -0.4 is 0 Å². The molecular weight excluding hydrogens is 251 g/mol. The Labute approximate surface area is 90.9 Å². The maximum Gasteiger partial charge on any atom is 0.0913 e. The van der Waals surface area contributed by atoms with E-state index in [1.54, 1.807) is 6.07 Å². The van der Waals surface area contributed by atoms with Gasteiger partial charge < -0.3 is 5.11 Å². The molecule has 0 aliphatic rings. The summed E-state index contributed by atoms with van der Waals surface area (Å²) in [5.74, 6) is 2.39. The van der Waals surface area contributed by atoms with Gasteiger partial charge in [0.25, 0.3) is 0 Å². The summed E-state index contributed by atoms with van der Waals surface area (Å²) in [5.41, 5.74) is 0.661. The maximum atomic E-state index is 9.58. The second kappa shape index (κ2) is 4.66. The summed E-state index contributed by atoms with van der Waals surface area (Å²) >= 11 is 9.22. The van der Waals surface area contributed by atoms with E-state index in [-0.39, 0.29) is 6.42 Å². The standard InChI is InChI=1S/C10H8BrClO/c1-2-4-9(13)7-5-3-6-8(11)10(7)12/h1,3,5-6,9,13H,4H2. The van der Waals surface area contributed by atoms with Crippen molar-refractivity contribution in [2.45, 2.75) is 12.5 Å². The highest BCUT2D eigenvalue weighted by atomic mass is 79.9. The van der Waals surface area contributed by atoms with Crippen molar-refractivity contribution in [3.8, 4) is 12.3 Å². The largest absolute Gasteiger partial charge is 0.387 e. The summed E-state index contributed by atoms with van der Waals surface area (Å²) in [5, 5.41) is 10.1. The summed E-state index contributed by atoms with van der Waals surface area (Å²) < 4.78 is 0.766. The predicted octanol–water partition coefficient (Wildman–Crippen LogP) is 3.16. The van der Waals surface area contributed by atoms with Crippen LogP contribution in [0.1, 0.15) is 18.1 Å². The van der Waals surface area contributed by atoms with Crippen molar-refractivity contribution in [2.75, 3.05) is 0 Å². The number of benzene rings is 1. The molecule has 1 rings (SSSR count). The molecule has 1 atom stereocenters. The fraction of sp³-hybridized carbons (Fsp3) is 0.200. The van der Waals surface area contributed by atoms with Gasteiger partial charge in [0.1, 0.15) is 0 Å². The van der Waals surface area contributed by atoms with Crippen LogP contribution in [0.3, 0.4) is 0 Å². The number of aliphatic hydroxyl groups excluding tert-OH is 1. The van der Waals surface area contributed by atoms with E-state index in [0.29, 0.717) is 10.6 Å². The normalized spacial score (nSPS) is 12.2. The molecule has 0 heterocycles. The zero-order valence-corrected chi connectivity index (χ0v) is 9.14. The van der Waals surface area contributed by atoms with Crippen LogP contribution in [0, 0.1) is 12.3 Å². The third-order valence-electron chi connectivity index (χ3n) is 1.65. The number of hydrogen-bond acceptors (Lipinski definition) is 1. The summed E-state index contributed by atoms with van der Waals surface area (Å²) in [6, 6.07) is 5.38. The SMILES string of the molecule is C#CCC(O)c1cccc(Br)c1Cl. The van der Waals surface area contributed by atoms with Crippen LogP contribution in [0.5, 0.6) is 0 Å². The van der Waals surface area contributed by atoms with Crippen LogP contribution in [0.2, 0.25) is 5.02 Å². The van der Waals surface area contributed by atoms with Gasteiger partial charge in [-0.15, -0.1) is 12.3 Å². The Morgan fingerprint density at radius 3 is 2.92 bits per heavy atom. The highest BCUT2D eigenvalue weighted by Gasteiger charge is 2.11. The lowest BCUT2D eigenvalue weighted by Crippen LogP contribution is -1.96. The molecule has 1 nitrogen and oxygen atoms in total. The second-order valence-electron chi connectivity index (χ2n) is 2.57. The molecule has 68 valence electrons. The average molecular weight is 260 g/mol. The Kier molecular flexibility index (Phi) is 3.80. The molecule has 0 bridgehead atoms. The van der Waals surface area contributed by atoms with Crippen LogP contribution in [-0.4, -0.2) is 5.11 Å². The van der Waals surface area contributed by atoms with E-state index in [2.05, 4.69) is 21.9 Å². The second-order valence-corrected chi connectivity index (χ2v) is 3.80. The molecule has 0 amide bonds. The number of rotatable bonds is 2. The van der Waals surface area contributed by atoms with Gasteiger partial charge in [-0.25, -0.2) is 0 Å². The van der Waals surface area contributed by atoms with Gasteiger partial charge in [-0.05, 0) is 22.0 Å². The van der Waals surface area contributed by atoms with Gasteiger partial charge in [0, 0.05) is 16.5 Å². The van der Waals surface area contributed by atoms with Crippen molar-refractivity contribution in [3.63, 3.8) is 0 Å². The lowest BCUT2D eigenvalue weighted by Gasteiger charge is -2.10. The topological polar surface area (TPSA) is 20.2 Å². The Morgan fingerprint density at radius 2 is 2.31 bits per heavy atom. The van der Waals surface area contributed by atoms with E-state index < -0.39 is 6.10 Å². The van der Waals surface area contributed by atoms with Gasteiger partial charge >= 0.3 is 0 Å². The molecule has 0 spiro atoms. The first-order valence-electron chi connectivity index (χ1n) is 3.72. The fourth-order valence-corrected chi connectivity index (χ4v) is 1.63. The summed E-state index contributed by atoms with van der Waals surface area (Å²) in [4.78, 5) is 0. The number of terminal acetylenes is 1. The first-order chi connectivity index (χ1) is 6.16. The van der Waals surface area contributed by atoms with E-state index in [4.69, 9.17) is 18.0 Å². The van der Waals surface area contributed by atoms with Crippen LogP contribution in [0.15, 0.2) is 22.7 Å². The lowest BCUT2D eigenvalue weighted by molar-refractivity contribution is 0.184. The Hall–Kier alpha value is -0.490. The van der Waals surface area contributed by atoms with Gasteiger partial charge in [-0.3, -0.25) is 0 Å². The minimum absolute atomic E-state index is 0.274. The minimum atomic E-state index is -0.685. The smallest absolute Gasteiger partial charge is 0.0913 e. The van der Waals surface area contributed by atoms with Crippen LogP contribution in [0.25, 0.3) is 0 Å². The number of aliphatic hydroxyl groups is 1. The lowest BCUT2D eigenvalue weighted by atomic mass is 10.1. The molecule has 0 saturated heterocycles. The predicted molar refractivity (Wildman–Crippen MR) is 57.6 cm³/mol. The fourth-order valence-electron chi connectivity index (χ4n) is 0.999. The Morgan fingerprint density at radius 1 is 1.62 bits per heavy atom. The third-order valence-corrected chi connectivity index (χ3v) is 2.96. The van der Waals surface area contributed by atoms with Crippen LogP contribution in [-0.2, 0) is 0 Å². The van der Waals surface area contributed by atoms with E-state index in [1.165, 1.54) is 0 Å². The molecule has 0 aliphatic heterocycles. The summed E-state index contributed by atoms with van der Waals surface area (Å²) in [7, 11) is 0. The molecule has 0 aromatic heterocycles. The molecule has 0 saturated carbocycles. The first kappa shape index (κ1) is 10.6. The maximum absolute atomic E-state index is 9.58. The van der Waals surface area contributed by atoms with Gasteiger partial charge in [-0.2, -0.15) is 0 Å². The zero-order chi connectivity index (χ0) is 9.84. The van der Waals surface area contributed by atoms with Crippen molar-refractivity contribution >= 4 is 27.5 Å².